The number of hydrogen-bond donors (Lipinski definition) is 2. The number of carbonyl (C=O) groups is 2. The zero-order chi connectivity index (χ0) is 21.0. The summed E-state index contributed by atoms with van der Waals surface area (Å²) in [6, 6.07) is 9.96. The molecule has 0 fully saturated rings. The number of benzene rings is 1. The quantitative estimate of drug-likeness (QED) is 0.490. The fourth-order valence-corrected chi connectivity index (χ4v) is 2.83. The number of nitrogens with zero attached hydrogens (tertiary/aromatic N) is 2. The average molecular weight is 393 g/mol. The van der Waals surface area contributed by atoms with Gasteiger partial charge in [-0.05, 0) is 35.9 Å². The van der Waals surface area contributed by atoms with Crippen LogP contribution >= 0.6 is 0 Å². The Morgan fingerprint density at radius 1 is 1.24 bits per heavy atom. The van der Waals surface area contributed by atoms with Gasteiger partial charge in [0.05, 0.1) is 5.39 Å². The summed E-state index contributed by atoms with van der Waals surface area (Å²) in [5.74, 6) is -1.28. The third-order valence-corrected chi connectivity index (χ3v) is 4.26. The summed E-state index contributed by atoms with van der Waals surface area (Å²) in [6.45, 7) is -0.0457. The van der Waals surface area contributed by atoms with Gasteiger partial charge < -0.3 is 15.2 Å². The molecule has 29 heavy (non-hydrogen) atoms. The van der Waals surface area contributed by atoms with Crippen molar-refractivity contribution in [3.8, 4) is 5.75 Å². The van der Waals surface area contributed by atoms with Crippen LogP contribution in [0.15, 0.2) is 53.5 Å². The number of anilines is 1. The highest BCUT2D eigenvalue weighted by Gasteiger charge is 2.19. The maximum atomic E-state index is 12.6. The highest BCUT2D eigenvalue weighted by molar-refractivity contribution is 6.10. The summed E-state index contributed by atoms with van der Waals surface area (Å²) in [4.78, 5) is 40.7. The van der Waals surface area contributed by atoms with Gasteiger partial charge in [0.15, 0.2) is 5.78 Å². The summed E-state index contributed by atoms with van der Waals surface area (Å²) in [5, 5.41) is 13.4. The first-order valence-corrected chi connectivity index (χ1v) is 8.70. The first-order valence-electron chi connectivity index (χ1n) is 8.70. The number of fused-ring (bicyclic) bond motifs is 1. The molecule has 0 atom stereocenters. The molecule has 0 bridgehead atoms. The number of aromatic hydroxyl groups is 1. The second-order valence-corrected chi connectivity index (χ2v) is 6.26. The molecule has 8 heteroatoms. The third-order valence-electron chi connectivity index (χ3n) is 4.26. The van der Waals surface area contributed by atoms with Crippen molar-refractivity contribution in [1.29, 1.82) is 0 Å². The van der Waals surface area contributed by atoms with Crippen LogP contribution in [0.25, 0.3) is 17.1 Å². The van der Waals surface area contributed by atoms with E-state index in [1.54, 1.807) is 36.4 Å². The van der Waals surface area contributed by atoms with E-state index in [2.05, 4.69) is 10.3 Å². The summed E-state index contributed by atoms with van der Waals surface area (Å²) in [7, 11) is 2.93. The normalized spacial score (nSPS) is 11.1. The van der Waals surface area contributed by atoms with E-state index >= 15 is 0 Å². The molecule has 0 saturated carbocycles. The molecule has 3 rings (SSSR count). The molecule has 1 aromatic carbocycles. The number of hydrogen-bond acceptors (Lipinski definition) is 6. The molecule has 148 valence electrons. The minimum atomic E-state index is -0.625. The van der Waals surface area contributed by atoms with Crippen LogP contribution in [0.1, 0.15) is 15.9 Å². The zero-order valence-electron chi connectivity index (χ0n) is 15.9. The van der Waals surface area contributed by atoms with E-state index in [-0.39, 0.29) is 23.8 Å². The van der Waals surface area contributed by atoms with Gasteiger partial charge in [0, 0.05) is 26.0 Å². The Morgan fingerprint density at radius 2 is 1.97 bits per heavy atom. The molecule has 2 heterocycles. The van der Waals surface area contributed by atoms with Gasteiger partial charge in [0.1, 0.15) is 23.6 Å². The summed E-state index contributed by atoms with van der Waals surface area (Å²) < 4.78 is 5.98. The highest BCUT2D eigenvalue weighted by atomic mass is 16.5. The molecule has 8 nitrogen and oxygen atoms in total. The fraction of sp³-hybridized carbons (Fsp3) is 0.143. The lowest BCUT2D eigenvalue weighted by atomic mass is 10.1. The van der Waals surface area contributed by atoms with Crippen molar-refractivity contribution in [2.24, 2.45) is 7.05 Å². The topological polar surface area (TPSA) is 111 Å². The molecule has 0 aliphatic rings. The zero-order valence-corrected chi connectivity index (χ0v) is 15.9. The summed E-state index contributed by atoms with van der Waals surface area (Å²) in [5.41, 5.74) is 0.625. The van der Waals surface area contributed by atoms with Gasteiger partial charge in [0.25, 0.3) is 5.56 Å². The SMILES string of the molecule is COCC(=O)Nc1ccc(C=CC(=O)c2c(O)c3cccnc3n(C)c2=O)cc1. The smallest absolute Gasteiger partial charge is 0.266 e. The monoisotopic (exact) mass is 393 g/mol. The van der Waals surface area contributed by atoms with Crippen LogP contribution < -0.4 is 10.9 Å². The first-order chi connectivity index (χ1) is 13.9. The Morgan fingerprint density at radius 3 is 2.66 bits per heavy atom. The van der Waals surface area contributed by atoms with Gasteiger partial charge in [0.2, 0.25) is 5.91 Å². The standard InChI is InChI=1S/C21H19N3O5/c1-24-20-15(4-3-11-22-20)19(27)18(21(24)28)16(25)10-7-13-5-8-14(9-6-13)23-17(26)12-29-2/h3-11,27H,12H2,1-2H3,(H,23,26). The van der Waals surface area contributed by atoms with Crippen molar-refractivity contribution in [3.63, 3.8) is 0 Å². The van der Waals surface area contributed by atoms with Crippen molar-refractivity contribution in [2.45, 2.75) is 0 Å². The maximum absolute atomic E-state index is 12.6. The molecule has 0 unspecified atom stereocenters. The Hall–Kier alpha value is -3.78. The van der Waals surface area contributed by atoms with Crippen molar-refractivity contribution in [2.75, 3.05) is 19.0 Å². The van der Waals surface area contributed by atoms with Gasteiger partial charge in [-0.2, -0.15) is 0 Å². The van der Waals surface area contributed by atoms with Gasteiger partial charge in [-0.3, -0.25) is 19.0 Å². The Labute approximate surface area is 166 Å². The lowest BCUT2D eigenvalue weighted by Gasteiger charge is -2.09. The summed E-state index contributed by atoms with van der Waals surface area (Å²) in [6.07, 6.45) is 4.25. The number of amides is 1. The van der Waals surface area contributed by atoms with Crippen LogP contribution in [0, 0.1) is 0 Å². The fourth-order valence-electron chi connectivity index (χ4n) is 2.83. The number of carbonyl (C=O) groups excluding carboxylic acids is 2. The van der Waals surface area contributed by atoms with E-state index in [4.69, 9.17) is 4.74 Å². The van der Waals surface area contributed by atoms with Gasteiger partial charge in [-0.1, -0.05) is 18.2 Å². The van der Waals surface area contributed by atoms with Gasteiger partial charge in [-0.15, -0.1) is 0 Å². The molecule has 2 N–H and O–H groups in total. The van der Waals surface area contributed by atoms with Gasteiger partial charge in [-0.25, -0.2) is 4.98 Å². The molecule has 0 aliphatic heterocycles. The molecule has 3 aromatic rings. The van der Waals surface area contributed by atoms with Crippen LogP contribution in [0.5, 0.6) is 5.75 Å². The molecule has 1 amide bonds. The van der Waals surface area contributed by atoms with Crippen molar-refractivity contribution in [1.82, 2.24) is 9.55 Å². The number of aryl methyl sites for hydroxylation is 1. The predicted molar refractivity (Wildman–Crippen MR) is 109 cm³/mol. The minimum Gasteiger partial charge on any atom is -0.506 e. The average Bonchev–Trinajstić information content (AvgIpc) is 2.72. The van der Waals surface area contributed by atoms with E-state index in [9.17, 15) is 19.5 Å². The maximum Gasteiger partial charge on any atom is 0.266 e. The number of allylic oxidation sites excluding steroid dienone is 1. The van der Waals surface area contributed by atoms with E-state index in [0.717, 1.165) is 0 Å². The van der Waals surface area contributed by atoms with Crippen LogP contribution in [-0.4, -0.2) is 40.1 Å². The number of ketones is 1. The largest absolute Gasteiger partial charge is 0.506 e. The molecule has 0 radical (unpaired) electrons. The molecular weight excluding hydrogens is 374 g/mol. The Bertz CT molecular complexity index is 1160. The van der Waals surface area contributed by atoms with Crippen molar-refractivity contribution >= 4 is 34.5 Å². The highest BCUT2D eigenvalue weighted by Crippen LogP contribution is 2.25. The second kappa shape index (κ2) is 8.49. The number of pyridine rings is 2. The van der Waals surface area contributed by atoms with Crippen molar-refractivity contribution < 1.29 is 19.4 Å². The van der Waals surface area contributed by atoms with Crippen molar-refractivity contribution in [3.05, 3.63) is 70.2 Å². The molecule has 2 aromatic heterocycles. The van der Waals surface area contributed by atoms with E-state index in [1.165, 1.54) is 37.1 Å². The Balaban J connectivity index is 1.84. The molecule has 0 spiro atoms. The van der Waals surface area contributed by atoms with Gasteiger partial charge >= 0.3 is 0 Å². The van der Waals surface area contributed by atoms with E-state index < -0.39 is 11.3 Å². The van der Waals surface area contributed by atoms with Crippen LogP contribution in [0.2, 0.25) is 0 Å². The van der Waals surface area contributed by atoms with E-state index in [0.29, 0.717) is 22.3 Å². The Kier molecular flexibility index (Phi) is 5.85. The molecular formula is C21H19N3O5. The summed E-state index contributed by atoms with van der Waals surface area (Å²) >= 11 is 0. The third kappa shape index (κ3) is 4.22. The number of ether oxygens (including phenoxy) is 1. The molecule has 0 aliphatic carbocycles. The van der Waals surface area contributed by atoms with Crippen LogP contribution in [0.3, 0.4) is 0 Å². The second-order valence-electron chi connectivity index (χ2n) is 6.26. The first kappa shape index (κ1) is 20.0. The van der Waals surface area contributed by atoms with E-state index in [1.807, 2.05) is 0 Å². The number of rotatable bonds is 6. The van der Waals surface area contributed by atoms with Crippen LogP contribution in [-0.2, 0) is 16.6 Å². The van der Waals surface area contributed by atoms with Crippen LogP contribution in [0.4, 0.5) is 5.69 Å². The minimum absolute atomic E-state index is 0.0457. The lowest BCUT2D eigenvalue weighted by molar-refractivity contribution is -0.119. The number of nitrogens with one attached hydrogen (secondary N) is 1. The number of methoxy groups -OCH3 is 1. The number of aromatic nitrogens is 2. The molecule has 0 saturated heterocycles. The predicted octanol–water partition coefficient (Wildman–Crippen LogP) is 2.12. The lowest BCUT2D eigenvalue weighted by Crippen LogP contribution is -2.24.